The van der Waals surface area contributed by atoms with E-state index in [0.29, 0.717) is 25.5 Å². The lowest BCUT2D eigenvalue weighted by Gasteiger charge is -2.40. The Morgan fingerprint density at radius 1 is 1.29 bits per heavy atom. The maximum Gasteiger partial charge on any atom is 0.225 e. The molecule has 0 radical (unpaired) electrons. The van der Waals surface area contributed by atoms with Gasteiger partial charge in [-0.3, -0.25) is 4.79 Å². The molecule has 0 bridgehead atoms. The first-order valence-electron chi connectivity index (χ1n) is 8.68. The van der Waals surface area contributed by atoms with Crippen LogP contribution in [0.4, 0.5) is 0 Å². The van der Waals surface area contributed by atoms with Gasteiger partial charge in [0, 0.05) is 13.1 Å². The lowest BCUT2D eigenvalue weighted by atomic mass is 9.74. The molecule has 1 amide bonds. The first-order chi connectivity index (χ1) is 11.0. The minimum atomic E-state index is -0.0723. The first kappa shape index (κ1) is 19.2. The van der Waals surface area contributed by atoms with Crippen molar-refractivity contribution in [2.24, 2.45) is 17.1 Å². The summed E-state index contributed by atoms with van der Waals surface area (Å²) >= 11 is 0. The molecule has 1 saturated heterocycles. The van der Waals surface area contributed by atoms with Gasteiger partial charge in [-0.1, -0.05) is 38.1 Å². The number of hydrogen-bond acceptors (Lipinski definition) is 3. The molecular weight excluding hydrogens is 324 g/mol. The molecule has 0 saturated carbocycles. The van der Waals surface area contributed by atoms with E-state index in [2.05, 4.69) is 26.0 Å². The number of carbonyl (C=O) groups excluding carboxylic acids is 1. The Bertz CT molecular complexity index is 568. The van der Waals surface area contributed by atoms with E-state index in [1.54, 1.807) is 0 Å². The number of amides is 1. The zero-order valence-electron chi connectivity index (χ0n) is 14.7. The zero-order valence-corrected chi connectivity index (χ0v) is 15.5. The van der Waals surface area contributed by atoms with E-state index in [4.69, 9.17) is 10.5 Å². The summed E-state index contributed by atoms with van der Waals surface area (Å²) in [7, 11) is 0. The molecule has 1 fully saturated rings. The SMILES string of the molecule is CC(C)(CN)C1CCN(C(=O)C[C@@H]2OCc3ccccc32)CC1.Cl. The Morgan fingerprint density at radius 2 is 1.96 bits per heavy atom. The zero-order chi connectivity index (χ0) is 16.4. The summed E-state index contributed by atoms with van der Waals surface area (Å²) in [4.78, 5) is 14.6. The van der Waals surface area contributed by atoms with Crippen LogP contribution in [0.1, 0.15) is 50.3 Å². The number of nitrogens with two attached hydrogens (primary N) is 1. The molecule has 134 valence electrons. The molecule has 0 unspecified atom stereocenters. The van der Waals surface area contributed by atoms with Crippen LogP contribution in [-0.2, 0) is 16.1 Å². The van der Waals surface area contributed by atoms with Gasteiger partial charge >= 0.3 is 0 Å². The second kappa shape index (κ2) is 7.85. The van der Waals surface area contributed by atoms with E-state index in [1.165, 1.54) is 11.1 Å². The van der Waals surface area contributed by atoms with Crippen molar-refractivity contribution in [3.63, 3.8) is 0 Å². The van der Waals surface area contributed by atoms with Gasteiger partial charge in [-0.15, -0.1) is 12.4 Å². The Labute approximate surface area is 151 Å². The third-order valence-electron chi connectivity index (χ3n) is 5.68. The average Bonchev–Trinajstić information content (AvgIpc) is 2.98. The highest BCUT2D eigenvalue weighted by Crippen LogP contribution is 2.36. The summed E-state index contributed by atoms with van der Waals surface area (Å²) in [6, 6.07) is 8.21. The summed E-state index contributed by atoms with van der Waals surface area (Å²) in [5.41, 5.74) is 8.45. The quantitative estimate of drug-likeness (QED) is 0.904. The monoisotopic (exact) mass is 352 g/mol. The molecule has 1 aromatic carbocycles. The maximum atomic E-state index is 12.6. The highest BCUT2D eigenvalue weighted by Gasteiger charge is 2.34. The normalized spacial score (nSPS) is 21.3. The Hall–Kier alpha value is -1.10. The van der Waals surface area contributed by atoms with E-state index >= 15 is 0 Å². The van der Waals surface area contributed by atoms with Crippen LogP contribution in [0, 0.1) is 11.3 Å². The fraction of sp³-hybridized carbons (Fsp3) is 0.632. The fourth-order valence-corrected chi connectivity index (χ4v) is 3.79. The van der Waals surface area contributed by atoms with Crippen molar-refractivity contribution in [2.45, 2.75) is 45.8 Å². The summed E-state index contributed by atoms with van der Waals surface area (Å²) in [6.45, 7) is 7.50. The highest BCUT2D eigenvalue weighted by atomic mass is 35.5. The molecular formula is C19H29ClN2O2. The average molecular weight is 353 g/mol. The third-order valence-corrected chi connectivity index (χ3v) is 5.68. The van der Waals surface area contributed by atoms with Crippen molar-refractivity contribution in [1.82, 2.24) is 4.90 Å². The van der Waals surface area contributed by atoms with E-state index in [9.17, 15) is 4.79 Å². The topological polar surface area (TPSA) is 55.6 Å². The van der Waals surface area contributed by atoms with Gasteiger partial charge in [-0.05, 0) is 41.8 Å². The van der Waals surface area contributed by atoms with Gasteiger partial charge in [0.25, 0.3) is 0 Å². The molecule has 24 heavy (non-hydrogen) atoms. The van der Waals surface area contributed by atoms with Crippen LogP contribution in [0.2, 0.25) is 0 Å². The van der Waals surface area contributed by atoms with Crippen LogP contribution in [0.3, 0.4) is 0 Å². The molecule has 2 N–H and O–H groups in total. The molecule has 3 rings (SSSR count). The molecule has 2 heterocycles. The number of nitrogens with zero attached hydrogens (tertiary/aromatic N) is 1. The van der Waals surface area contributed by atoms with Gasteiger partial charge in [0.05, 0.1) is 19.1 Å². The van der Waals surface area contributed by atoms with Crippen LogP contribution >= 0.6 is 12.4 Å². The van der Waals surface area contributed by atoms with Crippen molar-refractivity contribution in [1.29, 1.82) is 0 Å². The number of rotatable bonds is 4. The molecule has 4 nitrogen and oxygen atoms in total. The van der Waals surface area contributed by atoms with Gasteiger partial charge in [-0.2, -0.15) is 0 Å². The molecule has 0 spiro atoms. The van der Waals surface area contributed by atoms with E-state index in [1.807, 2.05) is 17.0 Å². The van der Waals surface area contributed by atoms with E-state index < -0.39 is 0 Å². The molecule has 2 aliphatic heterocycles. The molecule has 2 aliphatic rings. The van der Waals surface area contributed by atoms with Crippen molar-refractivity contribution in [3.05, 3.63) is 35.4 Å². The summed E-state index contributed by atoms with van der Waals surface area (Å²) in [6.07, 6.45) is 2.50. The molecule has 1 atom stereocenters. The van der Waals surface area contributed by atoms with Crippen LogP contribution in [0.15, 0.2) is 24.3 Å². The minimum Gasteiger partial charge on any atom is -0.368 e. The number of benzene rings is 1. The predicted molar refractivity (Wildman–Crippen MR) is 98.0 cm³/mol. The van der Waals surface area contributed by atoms with Gasteiger partial charge in [0.1, 0.15) is 0 Å². The van der Waals surface area contributed by atoms with Crippen LogP contribution < -0.4 is 5.73 Å². The first-order valence-corrected chi connectivity index (χ1v) is 8.68. The second-order valence-corrected chi connectivity index (χ2v) is 7.55. The van der Waals surface area contributed by atoms with E-state index in [-0.39, 0.29) is 29.8 Å². The lowest BCUT2D eigenvalue weighted by Crippen LogP contribution is -2.44. The molecule has 0 aromatic heterocycles. The predicted octanol–water partition coefficient (Wildman–Crippen LogP) is 3.29. The van der Waals surface area contributed by atoms with Crippen molar-refractivity contribution < 1.29 is 9.53 Å². The summed E-state index contributed by atoms with van der Waals surface area (Å²) in [5.74, 6) is 0.829. The van der Waals surface area contributed by atoms with Crippen molar-refractivity contribution in [2.75, 3.05) is 19.6 Å². The molecule has 1 aromatic rings. The van der Waals surface area contributed by atoms with Gasteiger partial charge < -0.3 is 15.4 Å². The fourth-order valence-electron chi connectivity index (χ4n) is 3.79. The largest absolute Gasteiger partial charge is 0.368 e. The number of carbonyl (C=O) groups is 1. The number of fused-ring (bicyclic) bond motifs is 1. The molecule has 0 aliphatic carbocycles. The Balaban J connectivity index is 0.00000208. The number of piperidine rings is 1. The van der Waals surface area contributed by atoms with Crippen LogP contribution in [-0.4, -0.2) is 30.4 Å². The Morgan fingerprint density at radius 3 is 2.62 bits per heavy atom. The van der Waals surface area contributed by atoms with Gasteiger partial charge in [0.15, 0.2) is 0 Å². The molecule has 5 heteroatoms. The van der Waals surface area contributed by atoms with Gasteiger partial charge in [-0.25, -0.2) is 0 Å². The third kappa shape index (κ3) is 3.93. The smallest absolute Gasteiger partial charge is 0.225 e. The lowest BCUT2D eigenvalue weighted by molar-refractivity contribution is -0.136. The minimum absolute atomic E-state index is 0. The van der Waals surface area contributed by atoms with Crippen LogP contribution in [0.5, 0.6) is 0 Å². The standard InChI is InChI=1S/C19H28N2O2.ClH/c1-19(2,13-20)15-7-9-21(10-8-15)18(22)11-17-16-6-4-3-5-14(16)12-23-17;/h3-6,15,17H,7-13,20H2,1-2H3;1H/t17-;/m0./s1. The maximum absolute atomic E-state index is 12.6. The van der Waals surface area contributed by atoms with Crippen molar-refractivity contribution in [3.8, 4) is 0 Å². The van der Waals surface area contributed by atoms with Gasteiger partial charge in [0.2, 0.25) is 5.91 Å². The summed E-state index contributed by atoms with van der Waals surface area (Å²) in [5, 5.41) is 0. The van der Waals surface area contributed by atoms with Crippen molar-refractivity contribution >= 4 is 18.3 Å². The number of ether oxygens (including phenoxy) is 1. The second-order valence-electron chi connectivity index (χ2n) is 7.55. The van der Waals surface area contributed by atoms with E-state index in [0.717, 1.165) is 25.9 Å². The van der Waals surface area contributed by atoms with Crippen LogP contribution in [0.25, 0.3) is 0 Å². The highest BCUT2D eigenvalue weighted by molar-refractivity contribution is 5.85. The number of halogens is 1. The number of likely N-dealkylation sites (tertiary alicyclic amines) is 1. The Kier molecular flexibility index (Phi) is 6.29. The number of hydrogen-bond donors (Lipinski definition) is 1. The summed E-state index contributed by atoms with van der Waals surface area (Å²) < 4.78 is 5.81.